The summed E-state index contributed by atoms with van der Waals surface area (Å²) < 4.78 is 7.35. The van der Waals surface area contributed by atoms with E-state index >= 15 is 0 Å². The summed E-state index contributed by atoms with van der Waals surface area (Å²) in [6.45, 7) is 5.53. The Bertz CT molecular complexity index is 992. The first kappa shape index (κ1) is 19.6. The normalized spacial score (nSPS) is 11.7. The molecule has 0 bridgehead atoms. The molecule has 2 heterocycles. The van der Waals surface area contributed by atoms with Crippen molar-refractivity contribution in [2.75, 3.05) is 5.32 Å². The minimum Gasteiger partial charge on any atom is -0.449 e. The van der Waals surface area contributed by atoms with E-state index in [4.69, 9.17) is 16.3 Å². The lowest BCUT2D eigenvalue weighted by molar-refractivity contribution is -0.123. The maximum absolute atomic E-state index is 12.4. The van der Waals surface area contributed by atoms with E-state index in [-0.39, 0.29) is 5.15 Å². The fraction of sp³-hybridized carbons (Fsp3) is 0.190. The largest absolute Gasteiger partial charge is 0.449 e. The molecule has 1 aromatic carbocycles. The molecule has 0 aliphatic heterocycles. The minimum absolute atomic E-state index is 0.167. The van der Waals surface area contributed by atoms with Gasteiger partial charge in [-0.15, -0.1) is 0 Å². The van der Waals surface area contributed by atoms with Gasteiger partial charge in [0.05, 0.1) is 11.3 Å². The van der Waals surface area contributed by atoms with Gasteiger partial charge in [-0.2, -0.15) is 0 Å². The van der Waals surface area contributed by atoms with Crippen LogP contribution in [-0.2, 0) is 9.53 Å². The number of aryl methyl sites for hydroxylation is 2. The molecule has 3 rings (SSSR count). The minimum atomic E-state index is -0.989. The third-order valence-corrected chi connectivity index (χ3v) is 4.60. The predicted octanol–water partition coefficient (Wildman–Crippen LogP) is 4.33. The van der Waals surface area contributed by atoms with Crippen molar-refractivity contribution in [1.29, 1.82) is 0 Å². The number of carbonyl (C=O) groups is 2. The SMILES string of the molecule is Cc1ccc(C)n1-c1ccc(C(=O)O[C@H](C)C(=O)Nc2cccnc2Cl)cc1. The van der Waals surface area contributed by atoms with Crippen LogP contribution in [0.3, 0.4) is 0 Å². The highest BCUT2D eigenvalue weighted by atomic mass is 35.5. The van der Waals surface area contributed by atoms with Crippen molar-refractivity contribution in [1.82, 2.24) is 9.55 Å². The van der Waals surface area contributed by atoms with E-state index in [0.29, 0.717) is 11.3 Å². The van der Waals surface area contributed by atoms with E-state index in [1.807, 2.05) is 38.1 Å². The van der Waals surface area contributed by atoms with Crippen LogP contribution in [0.2, 0.25) is 5.15 Å². The fourth-order valence-electron chi connectivity index (χ4n) is 2.82. The van der Waals surface area contributed by atoms with Crippen LogP contribution in [0.15, 0.2) is 54.7 Å². The van der Waals surface area contributed by atoms with Crippen LogP contribution >= 0.6 is 11.6 Å². The number of halogens is 1. The van der Waals surface area contributed by atoms with Gasteiger partial charge in [-0.3, -0.25) is 4.79 Å². The van der Waals surface area contributed by atoms with Crippen molar-refractivity contribution >= 4 is 29.2 Å². The monoisotopic (exact) mass is 397 g/mol. The molecule has 6 nitrogen and oxygen atoms in total. The Labute approximate surface area is 168 Å². The highest BCUT2D eigenvalue weighted by molar-refractivity contribution is 6.32. The molecule has 3 aromatic rings. The van der Waals surface area contributed by atoms with Crippen molar-refractivity contribution < 1.29 is 14.3 Å². The van der Waals surface area contributed by atoms with E-state index in [0.717, 1.165) is 17.1 Å². The number of anilines is 1. The zero-order valence-corrected chi connectivity index (χ0v) is 16.5. The maximum Gasteiger partial charge on any atom is 0.338 e. The number of aromatic nitrogens is 2. The quantitative estimate of drug-likeness (QED) is 0.513. The smallest absolute Gasteiger partial charge is 0.338 e. The molecule has 1 atom stereocenters. The number of amides is 1. The Morgan fingerprint density at radius 3 is 2.32 bits per heavy atom. The summed E-state index contributed by atoms with van der Waals surface area (Å²) >= 11 is 5.92. The zero-order valence-electron chi connectivity index (χ0n) is 15.8. The molecule has 0 aliphatic rings. The second-order valence-corrected chi connectivity index (χ2v) is 6.73. The number of pyridine rings is 1. The van der Waals surface area contributed by atoms with E-state index in [1.165, 1.54) is 13.1 Å². The Hall–Kier alpha value is -3.12. The molecule has 0 aliphatic carbocycles. The summed E-state index contributed by atoms with van der Waals surface area (Å²) in [7, 11) is 0. The molecule has 0 saturated heterocycles. The Morgan fingerprint density at radius 2 is 1.71 bits per heavy atom. The van der Waals surface area contributed by atoms with E-state index < -0.39 is 18.0 Å². The highest BCUT2D eigenvalue weighted by Gasteiger charge is 2.20. The van der Waals surface area contributed by atoms with Gasteiger partial charge in [0, 0.05) is 23.3 Å². The second kappa shape index (κ2) is 8.27. The van der Waals surface area contributed by atoms with Gasteiger partial charge < -0.3 is 14.6 Å². The number of nitrogens with zero attached hydrogens (tertiary/aromatic N) is 2. The van der Waals surface area contributed by atoms with Gasteiger partial charge in [-0.25, -0.2) is 9.78 Å². The highest BCUT2D eigenvalue weighted by Crippen LogP contribution is 2.19. The number of ether oxygens (including phenoxy) is 1. The summed E-state index contributed by atoms with van der Waals surface area (Å²) in [4.78, 5) is 28.5. The van der Waals surface area contributed by atoms with Crippen molar-refractivity contribution in [2.45, 2.75) is 26.9 Å². The van der Waals surface area contributed by atoms with Gasteiger partial charge in [0.2, 0.25) is 0 Å². The summed E-state index contributed by atoms with van der Waals surface area (Å²) in [5.41, 5.74) is 3.89. The first-order chi connectivity index (χ1) is 13.4. The molecular formula is C21H20ClN3O3. The molecule has 0 fully saturated rings. The van der Waals surface area contributed by atoms with Gasteiger partial charge in [0.1, 0.15) is 0 Å². The first-order valence-corrected chi connectivity index (χ1v) is 9.12. The van der Waals surface area contributed by atoms with Crippen LogP contribution in [0.5, 0.6) is 0 Å². The number of esters is 1. The summed E-state index contributed by atoms with van der Waals surface area (Å²) in [6.07, 6.45) is 0.527. The van der Waals surface area contributed by atoms with E-state index in [1.54, 1.807) is 24.3 Å². The maximum atomic E-state index is 12.4. The van der Waals surface area contributed by atoms with E-state index in [9.17, 15) is 9.59 Å². The van der Waals surface area contributed by atoms with Gasteiger partial charge in [0.15, 0.2) is 11.3 Å². The number of carbonyl (C=O) groups excluding carboxylic acids is 2. The second-order valence-electron chi connectivity index (χ2n) is 6.38. The number of hydrogen-bond acceptors (Lipinski definition) is 4. The average molecular weight is 398 g/mol. The molecule has 28 heavy (non-hydrogen) atoms. The third-order valence-electron chi connectivity index (χ3n) is 4.30. The van der Waals surface area contributed by atoms with Crippen molar-refractivity contribution in [3.63, 3.8) is 0 Å². The number of benzene rings is 1. The number of nitrogens with one attached hydrogen (secondary N) is 1. The molecule has 1 amide bonds. The molecule has 2 aromatic heterocycles. The van der Waals surface area contributed by atoms with Crippen LogP contribution in [0.25, 0.3) is 5.69 Å². The molecule has 0 unspecified atom stereocenters. The van der Waals surface area contributed by atoms with Crippen LogP contribution in [-0.4, -0.2) is 27.5 Å². The van der Waals surface area contributed by atoms with Crippen LogP contribution in [0.1, 0.15) is 28.7 Å². The van der Waals surface area contributed by atoms with Crippen molar-refractivity contribution in [2.24, 2.45) is 0 Å². The van der Waals surface area contributed by atoms with Crippen LogP contribution < -0.4 is 5.32 Å². The Morgan fingerprint density at radius 1 is 1.07 bits per heavy atom. The lowest BCUT2D eigenvalue weighted by Crippen LogP contribution is -2.30. The zero-order chi connectivity index (χ0) is 20.3. The van der Waals surface area contributed by atoms with Crippen LogP contribution in [0.4, 0.5) is 5.69 Å². The predicted molar refractivity (Wildman–Crippen MR) is 108 cm³/mol. The van der Waals surface area contributed by atoms with Gasteiger partial charge in [-0.1, -0.05) is 11.6 Å². The first-order valence-electron chi connectivity index (χ1n) is 8.74. The van der Waals surface area contributed by atoms with Crippen molar-refractivity contribution in [3.8, 4) is 5.69 Å². The van der Waals surface area contributed by atoms with Gasteiger partial charge in [0.25, 0.3) is 5.91 Å². The molecule has 144 valence electrons. The molecule has 0 radical (unpaired) electrons. The van der Waals surface area contributed by atoms with Crippen LogP contribution in [0, 0.1) is 13.8 Å². The summed E-state index contributed by atoms with van der Waals surface area (Å²) in [6, 6.07) is 14.4. The van der Waals surface area contributed by atoms with Gasteiger partial charge >= 0.3 is 5.97 Å². The summed E-state index contributed by atoms with van der Waals surface area (Å²) in [5, 5.41) is 2.76. The van der Waals surface area contributed by atoms with E-state index in [2.05, 4.69) is 14.9 Å². The lowest BCUT2D eigenvalue weighted by Gasteiger charge is -2.14. The molecule has 7 heteroatoms. The standard InChI is InChI=1S/C21H20ClN3O3/c1-13-6-7-14(2)25(13)17-10-8-16(9-11-17)21(27)28-15(3)20(26)24-18-5-4-12-23-19(18)22/h4-12,15H,1-3H3,(H,24,26)/t15-/m1/s1. The Kier molecular flexibility index (Phi) is 5.80. The molecular weight excluding hydrogens is 378 g/mol. The average Bonchev–Trinajstić information content (AvgIpc) is 3.02. The topological polar surface area (TPSA) is 73.2 Å². The Balaban J connectivity index is 1.65. The fourth-order valence-corrected chi connectivity index (χ4v) is 2.98. The lowest BCUT2D eigenvalue weighted by atomic mass is 10.2. The molecule has 0 saturated carbocycles. The van der Waals surface area contributed by atoms with Gasteiger partial charge in [-0.05, 0) is 69.3 Å². The number of rotatable bonds is 5. The molecule has 1 N–H and O–H groups in total. The molecule has 0 spiro atoms. The number of hydrogen-bond donors (Lipinski definition) is 1. The van der Waals surface area contributed by atoms with Crippen molar-refractivity contribution in [3.05, 3.63) is 76.8 Å². The third kappa shape index (κ3) is 4.23. The summed E-state index contributed by atoms with van der Waals surface area (Å²) in [5.74, 6) is -1.06.